The number of piperazine rings is 1. The molecule has 5 aliphatic rings. The van der Waals surface area contributed by atoms with Gasteiger partial charge in [-0.15, -0.1) is 0 Å². The van der Waals surface area contributed by atoms with E-state index in [0.717, 1.165) is 69.9 Å². The molecule has 0 radical (unpaired) electrons. The maximum absolute atomic E-state index is 13.1. The van der Waals surface area contributed by atoms with Crippen LogP contribution in [0, 0.1) is 5.92 Å². The molecule has 278 valence electrons. The number of aromatic hydroxyl groups is 1. The zero-order valence-corrected chi connectivity index (χ0v) is 30.8. The Balaban J connectivity index is 0.780. The topological polar surface area (TPSA) is 96.4 Å². The highest BCUT2D eigenvalue weighted by Crippen LogP contribution is 2.47. The molecule has 1 aliphatic carbocycles. The number of aryl methyl sites for hydroxylation is 1. The molecule has 2 N–H and O–H groups in total. The first-order chi connectivity index (χ1) is 26.4. The number of carbonyl (C=O) groups is 3. The van der Waals surface area contributed by atoms with Crippen molar-refractivity contribution in [2.24, 2.45) is 5.92 Å². The Morgan fingerprint density at radius 1 is 0.667 bits per heavy atom. The van der Waals surface area contributed by atoms with E-state index < -0.39 is 6.04 Å². The van der Waals surface area contributed by atoms with Crippen molar-refractivity contribution in [2.75, 3.05) is 55.6 Å². The second-order valence-corrected chi connectivity index (χ2v) is 16.0. The van der Waals surface area contributed by atoms with Gasteiger partial charge >= 0.3 is 0 Å². The van der Waals surface area contributed by atoms with E-state index in [9.17, 15) is 19.5 Å². The van der Waals surface area contributed by atoms with Gasteiger partial charge in [0, 0.05) is 81.6 Å². The largest absolute Gasteiger partial charge is 0.508 e. The van der Waals surface area contributed by atoms with Crippen LogP contribution in [0.4, 0.5) is 11.4 Å². The number of fused-ring (bicyclic) bond motifs is 2. The molecule has 4 heterocycles. The number of piperidine rings is 2. The molecule has 3 atom stereocenters. The minimum Gasteiger partial charge on any atom is -0.508 e. The van der Waals surface area contributed by atoms with Gasteiger partial charge in [0.2, 0.25) is 11.8 Å². The first-order valence-corrected chi connectivity index (χ1v) is 19.8. The van der Waals surface area contributed by atoms with Crippen LogP contribution in [0.2, 0.25) is 0 Å². The smallest absolute Gasteiger partial charge is 0.255 e. The minimum absolute atomic E-state index is 0.121. The van der Waals surface area contributed by atoms with Crippen LogP contribution in [0.15, 0.2) is 91.0 Å². The summed E-state index contributed by atoms with van der Waals surface area (Å²) in [6.45, 7) is 7.64. The third-order valence-electron chi connectivity index (χ3n) is 12.8. The lowest BCUT2D eigenvalue weighted by Crippen LogP contribution is -2.52. The van der Waals surface area contributed by atoms with Gasteiger partial charge < -0.3 is 19.8 Å². The summed E-state index contributed by atoms with van der Waals surface area (Å²) in [6, 6.07) is 31.7. The first kappa shape index (κ1) is 34.6. The molecule has 3 saturated heterocycles. The molecule has 4 aromatic carbocycles. The molecule has 0 saturated carbocycles. The summed E-state index contributed by atoms with van der Waals surface area (Å²) in [6.07, 6.45) is 5.08. The summed E-state index contributed by atoms with van der Waals surface area (Å²) in [7, 11) is 0. The number of carbonyl (C=O) groups excluding carboxylic acids is 3. The average Bonchev–Trinajstić information content (AvgIpc) is 3.53. The number of amides is 3. The van der Waals surface area contributed by atoms with E-state index in [-0.39, 0.29) is 30.1 Å². The molecule has 0 unspecified atom stereocenters. The molecule has 9 nitrogen and oxygen atoms in total. The van der Waals surface area contributed by atoms with Crippen LogP contribution in [0.3, 0.4) is 0 Å². The Morgan fingerprint density at radius 2 is 1.41 bits per heavy atom. The Morgan fingerprint density at radius 3 is 2.17 bits per heavy atom. The molecule has 0 bridgehead atoms. The van der Waals surface area contributed by atoms with Gasteiger partial charge in [-0.05, 0) is 114 Å². The van der Waals surface area contributed by atoms with Crippen molar-refractivity contribution in [1.82, 2.24) is 15.1 Å². The molecule has 4 aromatic rings. The molecule has 3 amide bonds. The van der Waals surface area contributed by atoms with Crippen LogP contribution in [0.25, 0.3) is 0 Å². The highest BCUT2D eigenvalue weighted by molar-refractivity contribution is 6.05. The maximum Gasteiger partial charge on any atom is 0.255 e. The quantitative estimate of drug-likeness (QED) is 0.224. The Bertz CT molecular complexity index is 2030. The van der Waals surface area contributed by atoms with Crippen LogP contribution in [0.5, 0.6) is 5.75 Å². The van der Waals surface area contributed by atoms with Crippen LogP contribution < -0.4 is 15.1 Å². The van der Waals surface area contributed by atoms with E-state index in [1.54, 1.807) is 4.90 Å². The van der Waals surface area contributed by atoms with E-state index in [4.69, 9.17) is 0 Å². The van der Waals surface area contributed by atoms with E-state index in [2.05, 4.69) is 86.7 Å². The summed E-state index contributed by atoms with van der Waals surface area (Å²) in [5.41, 5.74) is 9.39. The number of phenolic OH excluding ortho intramolecular Hbond substituents is 1. The second-order valence-electron chi connectivity index (χ2n) is 16.0. The number of benzene rings is 4. The monoisotopic (exact) mass is 723 g/mol. The predicted octanol–water partition coefficient (Wildman–Crippen LogP) is 6.05. The molecule has 54 heavy (non-hydrogen) atoms. The van der Waals surface area contributed by atoms with Crippen LogP contribution in [-0.2, 0) is 22.6 Å². The molecule has 9 heteroatoms. The van der Waals surface area contributed by atoms with E-state index in [1.807, 2.05) is 24.3 Å². The van der Waals surface area contributed by atoms with Crippen LogP contribution in [0.1, 0.15) is 82.1 Å². The van der Waals surface area contributed by atoms with E-state index in [0.29, 0.717) is 36.1 Å². The third-order valence-corrected chi connectivity index (χ3v) is 12.8. The van der Waals surface area contributed by atoms with Crippen molar-refractivity contribution in [2.45, 2.75) is 62.9 Å². The highest BCUT2D eigenvalue weighted by Gasteiger charge is 2.39. The van der Waals surface area contributed by atoms with Gasteiger partial charge in [-0.1, -0.05) is 48.5 Å². The maximum atomic E-state index is 13.1. The number of hydrogen-bond donors (Lipinski definition) is 2. The molecule has 0 spiro atoms. The van der Waals surface area contributed by atoms with Crippen molar-refractivity contribution in [1.29, 1.82) is 0 Å². The fourth-order valence-electron chi connectivity index (χ4n) is 9.86. The number of rotatable bonds is 7. The summed E-state index contributed by atoms with van der Waals surface area (Å²) >= 11 is 0. The lowest BCUT2D eigenvalue weighted by atomic mass is 9.69. The average molecular weight is 724 g/mol. The first-order valence-electron chi connectivity index (χ1n) is 19.8. The Hall–Kier alpha value is -5.15. The molecular formula is C45H49N5O4. The van der Waals surface area contributed by atoms with Crippen molar-refractivity contribution in [3.8, 4) is 5.75 Å². The van der Waals surface area contributed by atoms with Gasteiger partial charge in [0.25, 0.3) is 5.91 Å². The third kappa shape index (κ3) is 6.74. The molecule has 9 rings (SSSR count). The lowest BCUT2D eigenvalue weighted by molar-refractivity contribution is -0.136. The van der Waals surface area contributed by atoms with Crippen molar-refractivity contribution in [3.63, 3.8) is 0 Å². The number of imide groups is 1. The SMILES string of the molecule is O=C1CC[C@@H](N2Cc3cc(N4CCN(CC5CCN(c6ccc([C@H]7c8ccc(O)cc8CC[C@H]7c7ccccc7)cc6)CC5)CC4)ccc3C2=O)C(=O)N1. The standard InChI is InChI=1S/C45H49N5O4/c51-37-12-15-39-33(27-37)8-13-38(31-4-2-1-3-5-31)43(39)32-6-9-35(10-7-32)48-20-18-30(19-21-48)28-47-22-24-49(25-23-47)36-11-14-40-34(26-36)29-50(45(40)54)41-16-17-42(52)46-44(41)53/h1-7,9-12,14-15,26-27,30,38,41,43,51H,8,13,16-25,28-29H2,(H,46,52,53)/t38-,41+,43+/m0/s1. The highest BCUT2D eigenvalue weighted by atomic mass is 16.3. The van der Waals surface area contributed by atoms with Crippen molar-refractivity contribution in [3.05, 3.63) is 124 Å². The summed E-state index contributed by atoms with van der Waals surface area (Å²) in [5, 5.41) is 12.6. The van der Waals surface area contributed by atoms with Crippen molar-refractivity contribution < 1.29 is 19.5 Å². The Kier molecular flexibility index (Phi) is 9.35. The van der Waals surface area contributed by atoms with Crippen LogP contribution >= 0.6 is 0 Å². The molecule has 4 aliphatic heterocycles. The number of nitrogens with one attached hydrogen (secondary N) is 1. The summed E-state index contributed by atoms with van der Waals surface area (Å²) < 4.78 is 0. The minimum atomic E-state index is -0.585. The second kappa shape index (κ2) is 14.6. The molecule has 3 fully saturated rings. The zero-order valence-electron chi connectivity index (χ0n) is 30.8. The Labute approximate surface area is 317 Å². The number of phenols is 1. The number of nitrogens with zero attached hydrogens (tertiary/aromatic N) is 4. The van der Waals surface area contributed by atoms with Gasteiger partial charge in [0.15, 0.2) is 0 Å². The number of anilines is 2. The fraction of sp³-hybridized carbons (Fsp3) is 0.400. The summed E-state index contributed by atoms with van der Waals surface area (Å²) in [4.78, 5) is 46.5. The normalized spacial score (nSPS) is 23.7. The fourth-order valence-corrected chi connectivity index (χ4v) is 9.86. The summed E-state index contributed by atoms with van der Waals surface area (Å²) in [5.74, 6) is 0.955. The van der Waals surface area contributed by atoms with E-state index in [1.165, 1.54) is 40.8 Å². The van der Waals surface area contributed by atoms with E-state index >= 15 is 0 Å². The lowest BCUT2D eigenvalue weighted by Gasteiger charge is -2.40. The van der Waals surface area contributed by atoms with Crippen molar-refractivity contribution >= 4 is 29.1 Å². The number of hydrogen-bond acceptors (Lipinski definition) is 7. The zero-order chi connectivity index (χ0) is 36.8. The van der Waals surface area contributed by atoms with Gasteiger partial charge in [0.05, 0.1) is 0 Å². The van der Waals surface area contributed by atoms with Gasteiger partial charge in [-0.2, -0.15) is 0 Å². The van der Waals surface area contributed by atoms with Gasteiger partial charge in [0.1, 0.15) is 11.8 Å². The van der Waals surface area contributed by atoms with Gasteiger partial charge in [-0.25, -0.2) is 0 Å². The van der Waals surface area contributed by atoms with Crippen LogP contribution in [-0.4, -0.2) is 84.5 Å². The predicted molar refractivity (Wildman–Crippen MR) is 210 cm³/mol. The van der Waals surface area contributed by atoms with Gasteiger partial charge in [-0.3, -0.25) is 24.6 Å². The molecular weight excluding hydrogens is 675 g/mol. The molecule has 0 aromatic heterocycles.